The Labute approximate surface area is 177 Å². The van der Waals surface area contributed by atoms with Gasteiger partial charge in [-0.3, -0.25) is 9.10 Å². The molecule has 0 aliphatic heterocycles. The second-order valence-electron chi connectivity index (χ2n) is 6.93. The van der Waals surface area contributed by atoms with Gasteiger partial charge in [-0.15, -0.1) is 0 Å². The number of hydrogen-bond donors (Lipinski definition) is 1. The van der Waals surface area contributed by atoms with E-state index in [1.165, 1.54) is 6.92 Å². The third-order valence-corrected chi connectivity index (χ3v) is 5.65. The molecule has 0 aliphatic carbocycles. The smallest absolute Gasteiger partial charge is 0.246 e. The second kappa shape index (κ2) is 8.80. The lowest BCUT2D eigenvalue weighted by Gasteiger charge is -2.28. The van der Waals surface area contributed by atoms with E-state index in [0.717, 1.165) is 29.5 Å². The molecule has 1 aromatic heterocycles. The Hall–Kier alpha value is -3.34. The molecule has 1 amide bonds. The lowest BCUT2D eigenvalue weighted by Crippen LogP contribution is -2.47. The van der Waals surface area contributed by atoms with Crippen molar-refractivity contribution in [2.45, 2.75) is 26.4 Å². The predicted molar refractivity (Wildman–Crippen MR) is 109 cm³/mol. The SMILES string of the molecule is Cc1cccc(-c2noc(CNC(=O)[C@@H](C)N(c3ccc(F)c(F)c3)S(C)(=O)=O)n2)c1. The number of sulfonamides is 1. The van der Waals surface area contributed by atoms with Gasteiger partial charge in [0.1, 0.15) is 6.04 Å². The van der Waals surface area contributed by atoms with Gasteiger partial charge in [0, 0.05) is 11.6 Å². The maximum absolute atomic E-state index is 13.6. The summed E-state index contributed by atoms with van der Waals surface area (Å²) < 4.78 is 57.1. The molecule has 0 spiro atoms. The molecule has 3 rings (SSSR count). The Morgan fingerprint density at radius 2 is 1.94 bits per heavy atom. The van der Waals surface area contributed by atoms with Crippen molar-refractivity contribution in [3.63, 3.8) is 0 Å². The number of nitrogens with one attached hydrogen (secondary N) is 1. The summed E-state index contributed by atoms with van der Waals surface area (Å²) in [6, 6.07) is 8.80. The van der Waals surface area contributed by atoms with Crippen LogP contribution in [-0.2, 0) is 21.4 Å². The van der Waals surface area contributed by atoms with Gasteiger partial charge in [0.2, 0.25) is 27.6 Å². The molecule has 31 heavy (non-hydrogen) atoms. The quantitative estimate of drug-likeness (QED) is 0.594. The number of nitrogens with zero attached hydrogens (tertiary/aromatic N) is 3. The zero-order valence-corrected chi connectivity index (χ0v) is 17.8. The molecule has 11 heteroatoms. The number of halogens is 2. The highest BCUT2D eigenvalue weighted by molar-refractivity contribution is 7.92. The highest BCUT2D eigenvalue weighted by Crippen LogP contribution is 2.23. The summed E-state index contributed by atoms with van der Waals surface area (Å²) in [6.07, 6.45) is 0.865. The highest BCUT2D eigenvalue weighted by atomic mass is 32.2. The molecule has 0 unspecified atom stereocenters. The lowest BCUT2D eigenvalue weighted by atomic mass is 10.1. The predicted octanol–water partition coefficient (Wildman–Crippen LogP) is 2.79. The molecule has 3 aromatic rings. The monoisotopic (exact) mass is 450 g/mol. The highest BCUT2D eigenvalue weighted by Gasteiger charge is 2.30. The van der Waals surface area contributed by atoms with Crippen LogP contribution in [0.5, 0.6) is 0 Å². The van der Waals surface area contributed by atoms with E-state index in [4.69, 9.17) is 4.52 Å². The van der Waals surface area contributed by atoms with Crippen molar-refractivity contribution in [1.82, 2.24) is 15.5 Å². The molecule has 0 fully saturated rings. The average Bonchev–Trinajstić information content (AvgIpc) is 3.17. The molecule has 0 saturated carbocycles. The van der Waals surface area contributed by atoms with Gasteiger partial charge in [-0.05, 0) is 32.0 Å². The van der Waals surface area contributed by atoms with Crippen LogP contribution in [0, 0.1) is 18.6 Å². The minimum absolute atomic E-state index is 0.121. The molecule has 1 atom stereocenters. The molecular formula is C20H20F2N4O4S. The first-order valence-corrected chi connectivity index (χ1v) is 11.0. The summed E-state index contributed by atoms with van der Waals surface area (Å²) in [4.78, 5) is 16.8. The van der Waals surface area contributed by atoms with Crippen molar-refractivity contribution < 1.29 is 26.5 Å². The summed E-state index contributed by atoms with van der Waals surface area (Å²) in [7, 11) is -3.98. The molecular weight excluding hydrogens is 430 g/mol. The molecule has 8 nitrogen and oxygen atoms in total. The van der Waals surface area contributed by atoms with Gasteiger partial charge in [0.15, 0.2) is 11.6 Å². The normalized spacial score (nSPS) is 12.4. The first-order chi connectivity index (χ1) is 14.6. The van der Waals surface area contributed by atoms with E-state index in [9.17, 15) is 22.0 Å². The van der Waals surface area contributed by atoms with Crippen LogP contribution >= 0.6 is 0 Å². The first kappa shape index (κ1) is 22.3. The van der Waals surface area contributed by atoms with E-state index in [-0.39, 0.29) is 18.1 Å². The largest absolute Gasteiger partial charge is 0.345 e. The average molecular weight is 450 g/mol. The molecule has 2 aromatic carbocycles. The number of carbonyl (C=O) groups excluding carboxylic acids is 1. The van der Waals surface area contributed by atoms with Crippen LogP contribution in [0.15, 0.2) is 47.0 Å². The van der Waals surface area contributed by atoms with Crippen molar-refractivity contribution in [1.29, 1.82) is 0 Å². The Bertz CT molecular complexity index is 1210. The first-order valence-electron chi connectivity index (χ1n) is 9.18. The van der Waals surface area contributed by atoms with Crippen molar-refractivity contribution in [3.8, 4) is 11.4 Å². The number of amides is 1. The lowest BCUT2D eigenvalue weighted by molar-refractivity contribution is -0.122. The van der Waals surface area contributed by atoms with Crippen LogP contribution in [0.3, 0.4) is 0 Å². The minimum Gasteiger partial charge on any atom is -0.345 e. The summed E-state index contributed by atoms with van der Waals surface area (Å²) in [5.41, 5.74) is 1.59. The molecule has 164 valence electrons. The maximum atomic E-state index is 13.6. The van der Waals surface area contributed by atoms with E-state index in [0.29, 0.717) is 16.2 Å². The number of rotatable bonds is 7. The number of aryl methyl sites for hydroxylation is 1. The molecule has 1 heterocycles. The summed E-state index contributed by atoms with van der Waals surface area (Å²) >= 11 is 0. The van der Waals surface area contributed by atoms with Crippen molar-refractivity contribution in [2.24, 2.45) is 0 Å². The van der Waals surface area contributed by atoms with Crippen molar-refractivity contribution in [2.75, 3.05) is 10.6 Å². The van der Waals surface area contributed by atoms with Crippen LogP contribution in [0.2, 0.25) is 0 Å². The van der Waals surface area contributed by atoms with E-state index < -0.39 is 33.6 Å². The number of anilines is 1. The molecule has 0 radical (unpaired) electrons. The number of benzene rings is 2. The van der Waals surface area contributed by atoms with Crippen LogP contribution in [-0.4, -0.2) is 36.8 Å². The molecule has 0 bridgehead atoms. The Kier molecular flexibility index (Phi) is 6.34. The van der Waals surface area contributed by atoms with Gasteiger partial charge in [-0.2, -0.15) is 4.98 Å². The Morgan fingerprint density at radius 1 is 1.19 bits per heavy atom. The Balaban J connectivity index is 1.73. The van der Waals surface area contributed by atoms with Crippen LogP contribution in [0.25, 0.3) is 11.4 Å². The molecule has 1 N–H and O–H groups in total. The zero-order valence-electron chi connectivity index (χ0n) is 17.0. The van der Waals surface area contributed by atoms with Gasteiger partial charge < -0.3 is 9.84 Å². The van der Waals surface area contributed by atoms with E-state index in [1.807, 2.05) is 31.2 Å². The van der Waals surface area contributed by atoms with Crippen LogP contribution in [0.1, 0.15) is 18.4 Å². The summed E-state index contributed by atoms with van der Waals surface area (Å²) in [5.74, 6) is -2.58. The Morgan fingerprint density at radius 3 is 2.58 bits per heavy atom. The number of aromatic nitrogens is 2. The molecule has 0 saturated heterocycles. The maximum Gasteiger partial charge on any atom is 0.246 e. The van der Waals surface area contributed by atoms with Crippen LogP contribution < -0.4 is 9.62 Å². The van der Waals surface area contributed by atoms with E-state index >= 15 is 0 Å². The third-order valence-electron chi connectivity index (χ3n) is 4.40. The van der Waals surface area contributed by atoms with Crippen LogP contribution in [0.4, 0.5) is 14.5 Å². The second-order valence-corrected chi connectivity index (χ2v) is 8.79. The standard InChI is InChI=1S/C20H20F2N4O4S/c1-12-5-4-6-14(9-12)19-24-18(30-25-19)11-23-20(27)13(2)26(31(3,28)29)15-7-8-16(21)17(22)10-15/h4-10,13H,11H2,1-3H3,(H,23,27)/t13-/m1/s1. The number of carbonyl (C=O) groups is 1. The minimum atomic E-state index is -3.98. The topological polar surface area (TPSA) is 105 Å². The van der Waals surface area contributed by atoms with Crippen molar-refractivity contribution >= 4 is 21.6 Å². The van der Waals surface area contributed by atoms with E-state index in [2.05, 4.69) is 15.5 Å². The fourth-order valence-corrected chi connectivity index (χ4v) is 4.14. The summed E-state index contributed by atoms with van der Waals surface area (Å²) in [6.45, 7) is 3.10. The zero-order chi connectivity index (χ0) is 22.8. The molecule has 0 aliphatic rings. The van der Waals surface area contributed by atoms with Gasteiger partial charge in [0.25, 0.3) is 0 Å². The van der Waals surface area contributed by atoms with Gasteiger partial charge >= 0.3 is 0 Å². The third kappa shape index (κ3) is 5.23. The van der Waals surface area contributed by atoms with E-state index in [1.54, 1.807) is 0 Å². The van der Waals surface area contributed by atoms with Crippen molar-refractivity contribution in [3.05, 3.63) is 65.6 Å². The van der Waals surface area contributed by atoms with Gasteiger partial charge in [-0.25, -0.2) is 17.2 Å². The fraction of sp³-hybridized carbons (Fsp3) is 0.250. The fourth-order valence-electron chi connectivity index (χ4n) is 2.97. The van der Waals surface area contributed by atoms with Gasteiger partial charge in [-0.1, -0.05) is 28.9 Å². The van der Waals surface area contributed by atoms with Gasteiger partial charge in [0.05, 0.1) is 18.5 Å². The number of hydrogen-bond acceptors (Lipinski definition) is 6. The summed E-state index contributed by atoms with van der Waals surface area (Å²) in [5, 5.41) is 6.38.